The molecule has 1 atom stereocenters. The summed E-state index contributed by atoms with van der Waals surface area (Å²) in [5.74, 6) is 0.442. The molecule has 106 valence electrons. The lowest BCUT2D eigenvalue weighted by Gasteiger charge is -2.15. The number of benzene rings is 1. The Hall–Kier alpha value is -1.81. The summed E-state index contributed by atoms with van der Waals surface area (Å²) in [7, 11) is 0. The van der Waals surface area contributed by atoms with Gasteiger partial charge in [-0.15, -0.1) is 11.3 Å². The molecule has 4 heteroatoms. The monoisotopic (exact) mass is 290 g/mol. The maximum Gasteiger partial charge on any atom is 0.345 e. The Labute approximate surface area is 122 Å². The number of carboxylic acid groups (broad SMARTS) is 1. The number of para-hydroxylation sites is 1. The van der Waals surface area contributed by atoms with E-state index in [2.05, 4.69) is 19.9 Å². The molecule has 1 aromatic carbocycles. The van der Waals surface area contributed by atoms with E-state index in [0.717, 1.165) is 17.0 Å². The van der Waals surface area contributed by atoms with Crippen molar-refractivity contribution < 1.29 is 14.6 Å². The first kappa shape index (κ1) is 14.6. The van der Waals surface area contributed by atoms with Gasteiger partial charge in [-0.3, -0.25) is 0 Å². The van der Waals surface area contributed by atoms with Crippen LogP contribution in [0, 0.1) is 0 Å². The van der Waals surface area contributed by atoms with Crippen LogP contribution >= 0.6 is 11.3 Å². The van der Waals surface area contributed by atoms with Crippen LogP contribution in [0.1, 0.15) is 46.3 Å². The highest BCUT2D eigenvalue weighted by Gasteiger charge is 2.11. The number of rotatable bonds is 6. The molecule has 0 saturated carbocycles. The number of hydrogen-bond donors (Lipinski definition) is 1. The topological polar surface area (TPSA) is 46.5 Å². The minimum Gasteiger partial charge on any atom is -0.488 e. The van der Waals surface area contributed by atoms with Crippen molar-refractivity contribution >= 4 is 17.3 Å². The summed E-state index contributed by atoms with van der Waals surface area (Å²) in [6.07, 6.45) is 1.06. The first-order chi connectivity index (χ1) is 9.61. The Morgan fingerprint density at radius 3 is 2.70 bits per heavy atom. The third kappa shape index (κ3) is 3.39. The van der Waals surface area contributed by atoms with E-state index in [1.54, 1.807) is 12.1 Å². The van der Waals surface area contributed by atoms with Gasteiger partial charge in [0, 0.05) is 4.88 Å². The van der Waals surface area contributed by atoms with Crippen molar-refractivity contribution in [2.24, 2.45) is 0 Å². The highest BCUT2D eigenvalue weighted by Crippen LogP contribution is 2.29. The first-order valence-corrected chi connectivity index (χ1v) is 7.47. The van der Waals surface area contributed by atoms with Gasteiger partial charge in [-0.25, -0.2) is 4.79 Å². The van der Waals surface area contributed by atoms with Crippen LogP contribution in [-0.2, 0) is 6.61 Å². The van der Waals surface area contributed by atoms with Crippen LogP contribution in [0.15, 0.2) is 36.4 Å². The molecule has 0 saturated heterocycles. The summed E-state index contributed by atoms with van der Waals surface area (Å²) in [5.41, 5.74) is 1.20. The Morgan fingerprint density at radius 2 is 2.05 bits per heavy atom. The van der Waals surface area contributed by atoms with Crippen LogP contribution in [0.4, 0.5) is 0 Å². The van der Waals surface area contributed by atoms with E-state index in [9.17, 15) is 4.79 Å². The summed E-state index contributed by atoms with van der Waals surface area (Å²) >= 11 is 1.26. The molecule has 3 nitrogen and oxygen atoms in total. The lowest BCUT2D eigenvalue weighted by Crippen LogP contribution is -1.99. The maximum absolute atomic E-state index is 10.8. The van der Waals surface area contributed by atoms with E-state index in [-0.39, 0.29) is 0 Å². The van der Waals surface area contributed by atoms with Gasteiger partial charge in [0.05, 0.1) is 0 Å². The number of carbonyl (C=O) groups is 1. The van der Waals surface area contributed by atoms with Gasteiger partial charge in [-0.1, -0.05) is 32.0 Å². The molecule has 20 heavy (non-hydrogen) atoms. The molecule has 1 aromatic heterocycles. The predicted molar refractivity (Wildman–Crippen MR) is 80.8 cm³/mol. The standard InChI is InChI=1S/C16H18O3S/c1-3-11(2)13-6-4-5-7-14(13)19-10-12-8-9-15(20-12)16(17)18/h4-9,11H,3,10H2,1-2H3,(H,17,18). The molecule has 0 aliphatic heterocycles. The number of carboxylic acids is 1. The molecule has 1 heterocycles. The zero-order chi connectivity index (χ0) is 14.5. The van der Waals surface area contributed by atoms with Gasteiger partial charge in [0.15, 0.2) is 0 Å². The predicted octanol–water partition coefficient (Wildman–Crippen LogP) is 4.54. The molecule has 0 fully saturated rings. The first-order valence-electron chi connectivity index (χ1n) is 6.65. The van der Waals surface area contributed by atoms with E-state index in [1.807, 2.05) is 18.2 Å². The normalized spacial score (nSPS) is 12.1. The average Bonchev–Trinajstić information content (AvgIpc) is 2.93. The lowest BCUT2D eigenvalue weighted by molar-refractivity contribution is 0.0702. The van der Waals surface area contributed by atoms with Gasteiger partial charge in [0.25, 0.3) is 0 Å². The lowest BCUT2D eigenvalue weighted by atomic mass is 9.98. The molecule has 0 spiro atoms. The van der Waals surface area contributed by atoms with Crippen molar-refractivity contribution in [2.45, 2.75) is 32.8 Å². The van der Waals surface area contributed by atoms with Crippen molar-refractivity contribution in [1.29, 1.82) is 0 Å². The van der Waals surface area contributed by atoms with Crippen LogP contribution < -0.4 is 4.74 Å². The molecule has 1 unspecified atom stereocenters. The van der Waals surface area contributed by atoms with Gasteiger partial charge in [0.1, 0.15) is 17.2 Å². The van der Waals surface area contributed by atoms with Crippen LogP contribution in [0.25, 0.3) is 0 Å². The second-order valence-electron chi connectivity index (χ2n) is 4.71. The molecule has 1 N–H and O–H groups in total. The number of thiophene rings is 1. The minimum atomic E-state index is -0.888. The van der Waals surface area contributed by atoms with Crippen molar-refractivity contribution in [3.8, 4) is 5.75 Å². The summed E-state index contributed by atoms with van der Waals surface area (Å²) < 4.78 is 5.86. The second kappa shape index (κ2) is 6.57. The highest BCUT2D eigenvalue weighted by atomic mass is 32.1. The Kier molecular flexibility index (Phi) is 4.79. The van der Waals surface area contributed by atoms with Gasteiger partial charge in [-0.2, -0.15) is 0 Å². The van der Waals surface area contributed by atoms with E-state index in [4.69, 9.17) is 9.84 Å². The van der Waals surface area contributed by atoms with Crippen molar-refractivity contribution in [2.75, 3.05) is 0 Å². The van der Waals surface area contributed by atoms with E-state index < -0.39 is 5.97 Å². The number of aromatic carboxylic acids is 1. The summed E-state index contributed by atoms with van der Waals surface area (Å²) in [6.45, 7) is 4.74. The molecular weight excluding hydrogens is 272 g/mol. The largest absolute Gasteiger partial charge is 0.488 e. The molecule has 0 radical (unpaired) electrons. The van der Waals surface area contributed by atoms with Crippen LogP contribution in [0.2, 0.25) is 0 Å². The quantitative estimate of drug-likeness (QED) is 0.849. The Morgan fingerprint density at radius 1 is 1.30 bits per heavy atom. The van der Waals surface area contributed by atoms with E-state index >= 15 is 0 Å². The third-order valence-corrected chi connectivity index (χ3v) is 4.35. The fraction of sp³-hybridized carbons (Fsp3) is 0.312. The molecule has 0 bridgehead atoms. The molecule has 0 aliphatic carbocycles. The Bertz CT molecular complexity index is 589. The molecule has 0 amide bonds. The highest BCUT2D eigenvalue weighted by molar-refractivity contribution is 7.13. The fourth-order valence-corrected chi connectivity index (χ4v) is 2.72. The zero-order valence-electron chi connectivity index (χ0n) is 11.6. The van der Waals surface area contributed by atoms with Crippen LogP contribution in [0.5, 0.6) is 5.75 Å². The fourth-order valence-electron chi connectivity index (χ4n) is 1.96. The summed E-state index contributed by atoms with van der Waals surface area (Å²) in [6, 6.07) is 11.4. The van der Waals surface area contributed by atoms with Crippen LogP contribution in [-0.4, -0.2) is 11.1 Å². The molecule has 2 aromatic rings. The molecule has 2 rings (SSSR count). The molecular formula is C16H18O3S. The summed E-state index contributed by atoms with van der Waals surface area (Å²) in [5, 5.41) is 8.90. The minimum absolute atomic E-state index is 0.346. The van der Waals surface area contributed by atoms with Crippen molar-refractivity contribution in [3.05, 3.63) is 51.7 Å². The Balaban J connectivity index is 2.08. The van der Waals surface area contributed by atoms with Gasteiger partial charge < -0.3 is 9.84 Å². The third-order valence-electron chi connectivity index (χ3n) is 3.30. The average molecular weight is 290 g/mol. The number of hydrogen-bond acceptors (Lipinski definition) is 3. The van der Waals surface area contributed by atoms with E-state index in [0.29, 0.717) is 17.4 Å². The smallest absolute Gasteiger partial charge is 0.345 e. The van der Waals surface area contributed by atoms with Crippen LogP contribution in [0.3, 0.4) is 0 Å². The second-order valence-corrected chi connectivity index (χ2v) is 5.88. The molecule has 0 aliphatic rings. The SMILES string of the molecule is CCC(C)c1ccccc1OCc1ccc(C(=O)O)s1. The number of ether oxygens (including phenoxy) is 1. The summed E-state index contributed by atoms with van der Waals surface area (Å²) in [4.78, 5) is 12.1. The van der Waals surface area contributed by atoms with E-state index in [1.165, 1.54) is 16.9 Å². The van der Waals surface area contributed by atoms with Gasteiger partial charge >= 0.3 is 5.97 Å². The van der Waals surface area contributed by atoms with Crippen molar-refractivity contribution in [3.63, 3.8) is 0 Å². The van der Waals surface area contributed by atoms with Gasteiger partial charge in [0.2, 0.25) is 0 Å². The van der Waals surface area contributed by atoms with Gasteiger partial charge in [-0.05, 0) is 36.1 Å². The zero-order valence-corrected chi connectivity index (χ0v) is 12.4. The maximum atomic E-state index is 10.8. The van der Waals surface area contributed by atoms with Crippen molar-refractivity contribution in [1.82, 2.24) is 0 Å².